The number of hydrogen-bond acceptors (Lipinski definition) is 4. The molecular formula is C12H17N3O3S. The van der Waals surface area contributed by atoms with Crippen LogP contribution in [0.1, 0.15) is 13.3 Å². The molecule has 1 unspecified atom stereocenters. The number of anilines is 1. The topological polar surface area (TPSA) is 92.5 Å². The van der Waals surface area contributed by atoms with Gasteiger partial charge in [0.1, 0.15) is 0 Å². The summed E-state index contributed by atoms with van der Waals surface area (Å²) >= 11 is 0. The number of carbonyl (C=O) groups excluding carboxylic acids is 1. The predicted molar refractivity (Wildman–Crippen MR) is 71.8 cm³/mol. The van der Waals surface area contributed by atoms with E-state index in [2.05, 4.69) is 5.32 Å². The number of nitrogen functional groups attached to an aromatic ring is 1. The van der Waals surface area contributed by atoms with Gasteiger partial charge in [0.05, 0.1) is 4.90 Å². The molecule has 6 nitrogen and oxygen atoms in total. The Balaban J connectivity index is 2.13. The second-order valence-electron chi connectivity index (χ2n) is 4.62. The van der Waals surface area contributed by atoms with Crippen LogP contribution in [0.4, 0.5) is 5.69 Å². The molecule has 1 atom stereocenters. The molecular weight excluding hydrogens is 266 g/mol. The average Bonchev–Trinajstić information content (AvgIpc) is 2.78. The number of rotatable bonds is 3. The second-order valence-corrected chi connectivity index (χ2v) is 6.56. The second kappa shape index (κ2) is 5.18. The van der Waals surface area contributed by atoms with Gasteiger partial charge in [0.2, 0.25) is 15.9 Å². The molecule has 1 aliphatic heterocycles. The van der Waals surface area contributed by atoms with E-state index in [1.165, 1.54) is 23.4 Å². The molecule has 0 spiro atoms. The molecule has 0 saturated carbocycles. The number of benzene rings is 1. The summed E-state index contributed by atoms with van der Waals surface area (Å²) in [4.78, 5) is 11.2. The standard InChI is InChI=1S/C12H17N3O3S/c1-9(16)14-11-6-7-15(8-11)19(17,18)12-4-2-10(13)3-5-12/h2-5,11H,6-8,13H2,1H3,(H,14,16). The van der Waals surface area contributed by atoms with Crippen LogP contribution in [0, 0.1) is 0 Å². The van der Waals surface area contributed by atoms with Gasteiger partial charge < -0.3 is 11.1 Å². The van der Waals surface area contributed by atoms with Gasteiger partial charge >= 0.3 is 0 Å². The highest BCUT2D eigenvalue weighted by Crippen LogP contribution is 2.21. The SMILES string of the molecule is CC(=O)NC1CCN(S(=O)(=O)c2ccc(N)cc2)C1. The van der Waals surface area contributed by atoms with E-state index in [-0.39, 0.29) is 16.8 Å². The van der Waals surface area contributed by atoms with Crippen molar-refractivity contribution in [1.82, 2.24) is 9.62 Å². The number of nitrogens with zero attached hydrogens (tertiary/aromatic N) is 1. The highest BCUT2D eigenvalue weighted by atomic mass is 32.2. The summed E-state index contributed by atoms with van der Waals surface area (Å²) in [5.41, 5.74) is 6.07. The zero-order valence-corrected chi connectivity index (χ0v) is 11.5. The maximum atomic E-state index is 12.3. The quantitative estimate of drug-likeness (QED) is 0.773. The maximum absolute atomic E-state index is 12.3. The molecule has 0 aliphatic carbocycles. The van der Waals surface area contributed by atoms with Gasteiger partial charge in [-0.3, -0.25) is 4.79 Å². The summed E-state index contributed by atoms with van der Waals surface area (Å²) in [5.74, 6) is -0.142. The van der Waals surface area contributed by atoms with Crippen LogP contribution in [-0.4, -0.2) is 37.8 Å². The van der Waals surface area contributed by atoms with Crippen LogP contribution in [0.15, 0.2) is 29.2 Å². The lowest BCUT2D eigenvalue weighted by Crippen LogP contribution is -2.37. The third-order valence-corrected chi connectivity index (χ3v) is 4.96. The van der Waals surface area contributed by atoms with Crippen LogP contribution >= 0.6 is 0 Å². The molecule has 0 radical (unpaired) electrons. The van der Waals surface area contributed by atoms with Crippen molar-refractivity contribution < 1.29 is 13.2 Å². The molecule has 1 heterocycles. The first kappa shape index (κ1) is 13.8. The molecule has 2 rings (SSSR count). The number of nitrogens with two attached hydrogens (primary N) is 1. The Morgan fingerprint density at radius 2 is 2.00 bits per heavy atom. The van der Waals surface area contributed by atoms with Crippen LogP contribution in [0.3, 0.4) is 0 Å². The third-order valence-electron chi connectivity index (χ3n) is 3.08. The van der Waals surface area contributed by atoms with Gasteiger partial charge in [-0.2, -0.15) is 4.31 Å². The fourth-order valence-corrected chi connectivity index (χ4v) is 3.64. The van der Waals surface area contributed by atoms with Gasteiger partial charge in [-0.25, -0.2) is 8.42 Å². The van der Waals surface area contributed by atoms with E-state index in [1.807, 2.05) is 0 Å². The van der Waals surface area contributed by atoms with Crippen molar-refractivity contribution in [2.75, 3.05) is 18.8 Å². The minimum Gasteiger partial charge on any atom is -0.399 e. The molecule has 3 N–H and O–H groups in total. The summed E-state index contributed by atoms with van der Waals surface area (Å²) < 4.78 is 26.1. The van der Waals surface area contributed by atoms with Crippen LogP contribution < -0.4 is 11.1 Å². The van der Waals surface area contributed by atoms with Gasteiger partial charge in [-0.05, 0) is 30.7 Å². The lowest BCUT2D eigenvalue weighted by atomic mass is 10.3. The Labute approximate surface area is 112 Å². The van der Waals surface area contributed by atoms with Crippen LogP contribution in [-0.2, 0) is 14.8 Å². The number of nitrogens with one attached hydrogen (secondary N) is 1. The fourth-order valence-electron chi connectivity index (χ4n) is 2.14. The van der Waals surface area contributed by atoms with Gasteiger partial charge in [0.15, 0.2) is 0 Å². The molecule has 1 aliphatic rings. The summed E-state index contributed by atoms with van der Waals surface area (Å²) in [6, 6.07) is 6.01. The van der Waals surface area contributed by atoms with E-state index < -0.39 is 10.0 Å². The minimum atomic E-state index is -3.50. The largest absolute Gasteiger partial charge is 0.399 e. The maximum Gasteiger partial charge on any atom is 0.243 e. The molecule has 1 amide bonds. The van der Waals surface area contributed by atoms with Crippen molar-refractivity contribution in [3.63, 3.8) is 0 Å². The first-order valence-corrected chi connectivity index (χ1v) is 7.46. The van der Waals surface area contributed by atoms with E-state index in [0.29, 0.717) is 25.2 Å². The third kappa shape index (κ3) is 3.05. The highest BCUT2D eigenvalue weighted by Gasteiger charge is 2.32. The van der Waals surface area contributed by atoms with Gasteiger partial charge in [-0.15, -0.1) is 0 Å². The Morgan fingerprint density at radius 1 is 1.37 bits per heavy atom. The number of amides is 1. The lowest BCUT2D eigenvalue weighted by Gasteiger charge is -2.17. The van der Waals surface area contributed by atoms with Crippen molar-refractivity contribution in [1.29, 1.82) is 0 Å². The van der Waals surface area contributed by atoms with Crippen molar-refractivity contribution in [3.05, 3.63) is 24.3 Å². The van der Waals surface area contributed by atoms with E-state index >= 15 is 0 Å². The first-order chi connectivity index (χ1) is 8.89. The summed E-state index contributed by atoms with van der Waals surface area (Å²) in [6.45, 7) is 2.15. The molecule has 7 heteroatoms. The molecule has 104 valence electrons. The number of sulfonamides is 1. The highest BCUT2D eigenvalue weighted by molar-refractivity contribution is 7.89. The van der Waals surface area contributed by atoms with Gasteiger partial charge in [-0.1, -0.05) is 0 Å². The minimum absolute atomic E-state index is 0.110. The van der Waals surface area contributed by atoms with Crippen molar-refractivity contribution >= 4 is 21.6 Å². The first-order valence-electron chi connectivity index (χ1n) is 6.02. The van der Waals surface area contributed by atoms with Gasteiger partial charge in [0, 0.05) is 31.7 Å². The predicted octanol–water partition coefficient (Wildman–Crippen LogP) is 0.168. The zero-order valence-electron chi connectivity index (χ0n) is 10.7. The van der Waals surface area contributed by atoms with Crippen molar-refractivity contribution in [2.24, 2.45) is 0 Å². The van der Waals surface area contributed by atoms with Crippen LogP contribution in [0.2, 0.25) is 0 Å². The van der Waals surface area contributed by atoms with E-state index in [0.717, 1.165) is 0 Å². The van der Waals surface area contributed by atoms with E-state index in [4.69, 9.17) is 5.73 Å². The van der Waals surface area contributed by atoms with Crippen molar-refractivity contribution in [3.8, 4) is 0 Å². The molecule has 0 aromatic heterocycles. The Hall–Kier alpha value is -1.60. The van der Waals surface area contributed by atoms with E-state index in [9.17, 15) is 13.2 Å². The Bertz CT molecular complexity index is 568. The molecule has 1 saturated heterocycles. The number of hydrogen-bond donors (Lipinski definition) is 2. The van der Waals surface area contributed by atoms with Gasteiger partial charge in [0.25, 0.3) is 0 Å². The lowest BCUT2D eigenvalue weighted by molar-refractivity contribution is -0.119. The molecule has 1 aromatic carbocycles. The average molecular weight is 283 g/mol. The van der Waals surface area contributed by atoms with Crippen LogP contribution in [0.25, 0.3) is 0 Å². The molecule has 1 aromatic rings. The molecule has 19 heavy (non-hydrogen) atoms. The number of carbonyl (C=O) groups is 1. The Kier molecular flexibility index (Phi) is 3.77. The smallest absolute Gasteiger partial charge is 0.243 e. The normalized spacial score (nSPS) is 20.4. The fraction of sp³-hybridized carbons (Fsp3) is 0.417. The molecule has 1 fully saturated rings. The van der Waals surface area contributed by atoms with E-state index in [1.54, 1.807) is 12.1 Å². The van der Waals surface area contributed by atoms with Crippen molar-refractivity contribution in [2.45, 2.75) is 24.3 Å². The summed E-state index contributed by atoms with van der Waals surface area (Å²) in [7, 11) is -3.50. The zero-order chi connectivity index (χ0) is 14.0. The van der Waals surface area contributed by atoms with Crippen LogP contribution in [0.5, 0.6) is 0 Å². The monoisotopic (exact) mass is 283 g/mol. The summed E-state index contributed by atoms with van der Waals surface area (Å²) in [6.07, 6.45) is 0.633. The summed E-state index contributed by atoms with van der Waals surface area (Å²) in [5, 5.41) is 2.74. The Morgan fingerprint density at radius 3 is 2.58 bits per heavy atom. The molecule has 0 bridgehead atoms.